The van der Waals surface area contributed by atoms with Gasteiger partial charge in [-0.05, 0) is 5.92 Å². The molecule has 106 valence electrons. The van der Waals surface area contributed by atoms with Gasteiger partial charge in [-0.15, -0.1) is 11.3 Å². The van der Waals surface area contributed by atoms with Crippen molar-refractivity contribution in [2.45, 2.75) is 25.8 Å². The molecular weight excluding hydrogens is 306 g/mol. The molecule has 0 N–H and O–H groups in total. The van der Waals surface area contributed by atoms with Crippen LogP contribution in [-0.4, -0.2) is 35.2 Å². The van der Waals surface area contributed by atoms with Gasteiger partial charge in [-0.1, -0.05) is 32.4 Å². The molecule has 0 unspecified atom stereocenters. The first-order valence-corrected chi connectivity index (χ1v) is 8.68. The Balaban J connectivity index is 2.54. The number of sulfonamides is 1. The van der Waals surface area contributed by atoms with Crippen molar-refractivity contribution in [2.75, 3.05) is 13.1 Å². The largest absolute Gasteiger partial charge is 0.279 e. The SMILES string of the molecule is CCN(CC(C)C)S(=O)(=O)c1c(Cl)nc2sccn12. The Bertz CT molecular complexity index is 675. The quantitative estimate of drug-likeness (QED) is 0.850. The first-order chi connectivity index (χ1) is 8.87. The van der Waals surface area contributed by atoms with E-state index >= 15 is 0 Å². The monoisotopic (exact) mass is 321 g/mol. The van der Waals surface area contributed by atoms with Gasteiger partial charge in [0.2, 0.25) is 0 Å². The highest BCUT2D eigenvalue weighted by atomic mass is 35.5. The van der Waals surface area contributed by atoms with Crippen LogP contribution in [0.4, 0.5) is 0 Å². The summed E-state index contributed by atoms with van der Waals surface area (Å²) in [6.07, 6.45) is 1.68. The third kappa shape index (κ3) is 2.65. The fourth-order valence-corrected chi connectivity index (χ4v) is 4.91. The molecule has 0 fully saturated rings. The van der Waals surface area contributed by atoms with Crippen molar-refractivity contribution < 1.29 is 8.42 Å². The van der Waals surface area contributed by atoms with Crippen molar-refractivity contribution in [1.29, 1.82) is 0 Å². The van der Waals surface area contributed by atoms with Crippen LogP contribution in [0.25, 0.3) is 4.96 Å². The average molecular weight is 322 g/mol. The predicted molar refractivity (Wildman–Crippen MR) is 77.3 cm³/mol. The standard InChI is InChI=1S/C11H16ClN3O2S2/c1-4-14(7-8(2)3)19(16,17)10-9(12)13-11-15(10)5-6-18-11/h5-6,8H,4,7H2,1-3H3. The summed E-state index contributed by atoms with van der Waals surface area (Å²) in [6.45, 7) is 6.66. The Kier molecular flexibility index (Phi) is 4.20. The topological polar surface area (TPSA) is 54.7 Å². The van der Waals surface area contributed by atoms with E-state index in [-0.39, 0.29) is 16.1 Å². The fraction of sp³-hybridized carbons (Fsp3) is 0.545. The van der Waals surface area contributed by atoms with Crippen molar-refractivity contribution in [3.05, 3.63) is 16.7 Å². The molecule has 19 heavy (non-hydrogen) atoms. The van der Waals surface area contributed by atoms with E-state index in [0.29, 0.717) is 18.1 Å². The first kappa shape index (κ1) is 14.8. The third-order valence-electron chi connectivity index (χ3n) is 2.68. The summed E-state index contributed by atoms with van der Waals surface area (Å²) in [4.78, 5) is 4.66. The molecular formula is C11H16ClN3O2S2. The Morgan fingerprint density at radius 2 is 2.21 bits per heavy atom. The molecule has 0 spiro atoms. The number of hydrogen-bond acceptors (Lipinski definition) is 4. The lowest BCUT2D eigenvalue weighted by atomic mass is 10.2. The molecule has 0 aromatic carbocycles. The van der Waals surface area contributed by atoms with Crippen molar-refractivity contribution >= 4 is 37.9 Å². The molecule has 8 heteroatoms. The lowest BCUT2D eigenvalue weighted by Crippen LogP contribution is -2.34. The number of aromatic nitrogens is 2. The summed E-state index contributed by atoms with van der Waals surface area (Å²) in [5.74, 6) is 0.249. The predicted octanol–water partition coefficient (Wildman–Crippen LogP) is 2.72. The van der Waals surface area contributed by atoms with Gasteiger partial charge >= 0.3 is 0 Å². The van der Waals surface area contributed by atoms with Gasteiger partial charge in [0, 0.05) is 24.7 Å². The van der Waals surface area contributed by atoms with Crippen molar-refractivity contribution in [3.8, 4) is 0 Å². The number of imidazole rings is 1. The molecule has 2 heterocycles. The van der Waals surface area contributed by atoms with Crippen molar-refractivity contribution in [3.63, 3.8) is 0 Å². The van der Waals surface area contributed by atoms with Crippen LogP contribution in [0, 0.1) is 5.92 Å². The summed E-state index contributed by atoms with van der Waals surface area (Å²) < 4.78 is 28.3. The highest BCUT2D eigenvalue weighted by molar-refractivity contribution is 7.89. The van der Waals surface area contributed by atoms with Crippen LogP contribution in [-0.2, 0) is 10.0 Å². The van der Waals surface area contributed by atoms with Gasteiger partial charge in [-0.3, -0.25) is 4.40 Å². The van der Waals surface area contributed by atoms with E-state index in [1.54, 1.807) is 11.6 Å². The summed E-state index contributed by atoms with van der Waals surface area (Å²) in [5.41, 5.74) is 0. The number of fused-ring (bicyclic) bond motifs is 1. The van der Waals surface area contributed by atoms with Gasteiger partial charge in [0.05, 0.1) is 0 Å². The molecule has 2 rings (SSSR count). The highest BCUT2D eigenvalue weighted by Crippen LogP contribution is 2.28. The van der Waals surface area contributed by atoms with E-state index in [1.807, 2.05) is 20.8 Å². The smallest absolute Gasteiger partial charge is 0.262 e. The van der Waals surface area contributed by atoms with Gasteiger partial charge in [-0.2, -0.15) is 4.31 Å². The molecule has 0 bridgehead atoms. The fourth-order valence-electron chi connectivity index (χ4n) is 1.90. The zero-order valence-corrected chi connectivity index (χ0v) is 13.4. The molecule has 0 amide bonds. The van der Waals surface area contributed by atoms with Crippen LogP contribution in [0.15, 0.2) is 16.6 Å². The van der Waals surface area contributed by atoms with Crippen LogP contribution in [0.3, 0.4) is 0 Å². The molecule has 2 aromatic heterocycles. The van der Waals surface area contributed by atoms with Gasteiger partial charge < -0.3 is 0 Å². The van der Waals surface area contributed by atoms with E-state index in [0.717, 1.165) is 0 Å². The zero-order chi connectivity index (χ0) is 14.2. The van der Waals surface area contributed by atoms with Gasteiger partial charge in [0.25, 0.3) is 10.0 Å². The number of halogens is 1. The average Bonchev–Trinajstić information content (AvgIpc) is 2.84. The molecule has 0 atom stereocenters. The summed E-state index contributed by atoms with van der Waals surface area (Å²) >= 11 is 7.36. The lowest BCUT2D eigenvalue weighted by Gasteiger charge is -2.21. The van der Waals surface area contributed by atoms with E-state index in [4.69, 9.17) is 11.6 Å². The number of hydrogen-bond donors (Lipinski definition) is 0. The molecule has 5 nitrogen and oxygen atoms in total. The molecule has 0 radical (unpaired) electrons. The van der Waals surface area contributed by atoms with E-state index < -0.39 is 10.0 Å². The third-order valence-corrected chi connectivity index (χ3v) is 5.78. The Hall–Kier alpha value is -0.630. The Morgan fingerprint density at radius 1 is 1.53 bits per heavy atom. The zero-order valence-electron chi connectivity index (χ0n) is 11.0. The second kappa shape index (κ2) is 5.40. The van der Waals surface area contributed by atoms with Crippen LogP contribution in [0.1, 0.15) is 20.8 Å². The summed E-state index contributed by atoms with van der Waals surface area (Å²) in [7, 11) is -3.62. The van der Waals surface area contributed by atoms with Crippen molar-refractivity contribution in [2.24, 2.45) is 5.92 Å². The molecule has 0 aliphatic heterocycles. The normalized spacial score (nSPS) is 12.9. The lowest BCUT2D eigenvalue weighted by molar-refractivity contribution is 0.379. The number of thiazole rings is 1. The van der Waals surface area contributed by atoms with Gasteiger partial charge in [0.15, 0.2) is 15.1 Å². The van der Waals surface area contributed by atoms with E-state index in [2.05, 4.69) is 4.98 Å². The second-order valence-corrected chi connectivity index (χ2v) is 7.70. The Morgan fingerprint density at radius 3 is 2.79 bits per heavy atom. The first-order valence-electron chi connectivity index (χ1n) is 5.99. The summed E-state index contributed by atoms with van der Waals surface area (Å²) in [5, 5.41) is 1.89. The summed E-state index contributed by atoms with van der Waals surface area (Å²) in [6, 6.07) is 0. The van der Waals surface area contributed by atoms with E-state index in [9.17, 15) is 8.42 Å². The van der Waals surface area contributed by atoms with Crippen LogP contribution in [0.5, 0.6) is 0 Å². The van der Waals surface area contributed by atoms with Crippen LogP contribution < -0.4 is 0 Å². The minimum atomic E-state index is -3.62. The van der Waals surface area contributed by atoms with Crippen molar-refractivity contribution in [1.82, 2.24) is 13.7 Å². The van der Waals surface area contributed by atoms with E-state index in [1.165, 1.54) is 20.0 Å². The molecule has 0 aliphatic rings. The highest BCUT2D eigenvalue weighted by Gasteiger charge is 2.30. The molecule has 0 saturated heterocycles. The minimum absolute atomic E-state index is 0.0362. The van der Waals surface area contributed by atoms with Gasteiger partial charge in [-0.25, -0.2) is 13.4 Å². The minimum Gasteiger partial charge on any atom is -0.279 e. The second-order valence-electron chi connectivity index (χ2n) is 4.61. The Labute approximate surface area is 121 Å². The molecule has 0 aliphatic carbocycles. The maximum Gasteiger partial charge on any atom is 0.262 e. The maximum atomic E-state index is 12.7. The van der Waals surface area contributed by atoms with Crippen LogP contribution in [0.2, 0.25) is 5.15 Å². The molecule has 2 aromatic rings. The number of nitrogens with zero attached hydrogens (tertiary/aromatic N) is 3. The maximum absolute atomic E-state index is 12.7. The van der Waals surface area contributed by atoms with Gasteiger partial charge in [0.1, 0.15) is 0 Å². The molecule has 0 saturated carbocycles. The number of rotatable bonds is 5. The van der Waals surface area contributed by atoms with Crippen LogP contribution >= 0.6 is 22.9 Å².